The van der Waals surface area contributed by atoms with Gasteiger partial charge in [0.15, 0.2) is 5.78 Å². The lowest BCUT2D eigenvalue weighted by atomic mass is 10.0. The van der Waals surface area contributed by atoms with Crippen LogP contribution in [0.4, 0.5) is 22.7 Å². The van der Waals surface area contributed by atoms with Crippen molar-refractivity contribution in [2.24, 2.45) is 0 Å². The van der Waals surface area contributed by atoms with Gasteiger partial charge in [-0.05, 0) is 73.5 Å². The number of aryl methyl sites for hydroxylation is 2. The first-order valence-corrected chi connectivity index (χ1v) is 11.0. The lowest BCUT2D eigenvalue weighted by molar-refractivity contribution is 0.103. The number of para-hydroxylation sites is 2. The number of nitrogens with one attached hydrogen (secondary N) is 2. The first-order chi connectivity index (χ1) is 15.4. The van der Waals surface area contributed by atoms with Gasteiger partial charge in [0.05, 0.1) is 10.0 Å². The molecule has 3 nitrogen and oxygen atoms in total. The average Bonchev–Trinajstić information content (AvgIpc) is 2.77. The van der Waals surface area contributed by atoms with E-state index in [1.54, 1.807) is 24.3 Å². The van der Waals surface area contributed by atoms with E-state index in [0.717, 1.165) is 33.9 Å². The van der Waals surface area contributed by atoms with Crippen molar-refractivity contribution in [1.29, 1.82) is 0 Å². The van der Waals surface area contributed by atoms with E-state index >= 15 is 0 Å². The van der Waals surface area contributed by atoms with Gasteiger partial charge in [0, 0.05) is 33.9 Å². The largest absolute Gasteiger partial charge is 0.355 e. The second-order valence-corrected chi connectivity index (χ2v) is 8.41. The van der Waals surface area contributed by atoms with Crippen LogP contribution in [0.3, 0.4) is 0 Å². The lowest BCUT2D eigenvalue weighted by Crippen LogP contribution is -2.04. The molecule has 0 saturated heterocycles. The molecule has 4 aromatic rings. The highest BCUT2D eigenvalue weighted by atomic mass is 35.5. The van der Waals surface area contributed by atoms with Crippen LogP contribution in [0, 0.1) is 13.8 Å². The van der Waals surface area contributed by atoms with Crippen LogP contribution >= 0.6 is 23.2 Å². The number of halogens is 2. The van der Waals surface area contributed by atoms with Crippen molar-refractivity contribution in [2.45, 2.75) is 13.8 Å². The highest BCUT2D eigenvalue weighted by molar-refractivity contribution is 6.38. The quantitative estimate of drug-likeness (QED) is 0.284. The Balaban J connectivity index is 1.55. The number of rotatable bonds is 6. The van der Waals surface area contributed by atoms with E-state index in [2.05, 4.69) is 10.6 Å². The average molecular weight is 461 g/mol. The predicted octanol–water partition coefficient (Wildman–Crippen LogP) is 8.33. The Morgan fingerprint density at radius 2 is 1.03 bits per heavy atom. The molecule has 0 aliphatic rings. The van der Waals surface area contributed by atoms with Crippen LogP contribution in [0.2, 0.25) is 10.0 Å². The molecule has 0 spiro atoms. The molecule has 5 heteroatoms. The minimum absolute atomic E-state index is 0.218. The second kappa shape index (κ2) is 9.47. The zero-order valence-electron chi connectivity index (χ0n) is 17.7. The smallest absolute Gasteiger partial charge is 0.196 e. The molecule has 0 aliphatic carbocycles. The van der Waals surface area contributed by atoms with Crippen LogP contribution in [-0.2, 0) is 0 Å². The molecule has 0 bridgehead atoms. The number of benzene rings is 4. The van der Waals surface area contributed by atoms with E-state index in [1.165, 1.54) is 0 Å². The first-order valence-electron chi connectivity index (χ1n) is 10.2. The summed E-state index contributed by atoms with van der Waals surface area (Å²) in [6.07, 6.45) is 0. The van der Waals surface area contributed by atoms with Gasteiger partial charge in [0.25, 0.3) is 0 Å². The number of anilines is 4. The minimum atomic E-state index is -0.218. The maximum Gasteiger partial charge on any atom is 0.196 e. The molecule has 0 fully saturated rings. The van der Waals surface area contributed by atoms with Crippen molar-refractivity contribution in [3.63, 3.8) is 0 Å². The van der Waals surface area contributed by atoms with E-state index < -0.39 is 0 Å². The highest BCUT2D eigenvalue weighted by Crippen LogP contribution is 2.30. The molecule has 32 heavy (non-hydrogen) atoms. The summed E-state index contributed by atoms with van der Waals surface area (Å²) in [6.45, 7) is 4.06. The van der Waals surface area contributed by atoms with E-state index in [0.29, 0.717) is 21.2 Å². The monoisotopic (exact) mass is 460 g/mol. The van der Waals surface area contributed by atoms with Crippen LogP contribution in [0.25, 0.3) is 0 Å². The predicted molar refractivity (Wildman–Crippen MR) is 135 cm³/mol. The minimum Gasteiger partial charge on any atom is -0.355 e. The third-order valence-corrected chi connectivity index (χ3v) is 5.90. The molecular formula is C27H22Cl2N2O. The number of ketones is 1. The van der Waals surface area contributed by atoms with Gasteiger partial charge in [0.2, 0.25) is 0 Å². The SMILES string of the molecule is Cc1ccccc1Nc1ccc(C(=O)c2ccc(Nc3ccccc3C)cc2Cl)c(Cl)c1. The third-order valence-electron chi connectivity index (χ3n) is 5.28. The number of hydrogen-bond acceptors (Lipinski definition) is 3. The molecule has 4 aromatic carbocycles. The van der Waals surface area contributed by atoms with Crippen molar-refractivity contribution in [3.8, 4) is 0 Å². The molecule has 0 aliphatic heterocycles. The summed E-state index contributed by atoms with van der Waals surface area (Å²) < 4.78 is 0. The van der Waals surface area contributed by atoms with Gasteiger partial charge in [-0.15, -0.1) is 0 Å². The molecule has 0 heterocycles. The zero-order valence-corrected chi connectivity index (χ0v) is 19.3. The van der Waals surface area contributed by atoms with E-state index in [1.807, 2.05) is 74.5 Å². The van der Waals surface area contributed by atoms with Crippen LogP contribution < -0.4 is 10.6 Å². The summed E-state index contributed by atoms with van der Waals surface area (Å²) in [5, 5.41) is 7.41. The standard InChI is InChI=1S/C27H22Cl2N2O/c1-17-7-3-5-9-25(17)30-19-11-13-21(23(28)15-19)27(32)22-14-12-20(16-24(22)29)31-26-10-6-4-8-18(26)2/h3-16,30-31H,1-2H3. The van der Waals surface area contributed by atoms with E-state index in [4.69, 9.17) is 23.2 Å². The van der Waals surface area contributed by atoms with E-state index in [9.17, 15) is 4.79 Å². The van der Waals surface area contributed by atoms with Gasteiger partial charge >= 0.3 is 0 Å². The summed E-state index contributed by atoms with van der Waals surface area (Å²) in [7, 11) is 0. The Labute approximate surface area is 198 Å². The molecule has 0 radical (unpaired) electrons. The fourth-order valence-corrected chi connectivity index (χ4v) is 3.97. The molecule has 0 amide bonds. The summed E-state index contributed by atoms with van der Waals surface area (Å²) in [6, 6.07) is 26.6. The van der Waals surface area contributed by atoms with Gasteiger partial charge < -0.3 is 10.6 Å². The molecule has 0 saturated carbocycles. The van der Waals surface area contributed by atoms with Crippen molar-refractivity contribution >= 4 is 51.7 Å². The Morgan fingerprint density at radius 3 is 1.41 bits per heavy atom. The highest BCUT2D eigenvalue weighted by Gasteiger charge is 2.17. The molecular weight excluding hydrogens is 439 g/mol. The maximum atomic E-state index is 13.1. The number of carbonyl (C=O) groups excluding carboxylic acids is 1. The van der Waals surface area contributed by atoms with Crippen LogP contribution in [-0.4, -0.2) is 5.78 Å². The summed E-state index contributed by atoms with van der Waals surface area (Å²) in [4.78, 5) is 13.1. The Morgan fingerprint density at radius 1 is 0.625 bits per heavy atom. The van der Waals surface area contributed by atoms with Gasteiger partial charge in [-0.1, -0.05) is 59.6 Å². The van der Waals surface area contributed by atoms with Gasteiger partial charge in [-0.2, -0.15) is 0 Å². The Hall–Kier alpha value is -3.27. The van der Waals surface area contributed by atoms with Crippen molar-refractivity contribution in [3.05, 3.63) is 117 Å². The molecule has 2 N–H and O–H groups in total. The van der Waals surface area contributed by atoms with Gasteiger partial charge in [-0.3, -0.25) is 4.79 Å². The van der Waals surface area contributed by atoms with Crippen LogP contribution in [0.5, 0.6) is 0 Å². The molecule has 0 unspecified atom stereocenters. The number of carbonyl (C=O) groups is 1. The van der Waals surface area contributed by atoms with E-state index in [-0.39, 0.29) is 5.78 Å². The zero-order chi connectivity index (χ0) is 22.7. The maximum absolute atomic E-state index is 13.1. The van der Waals surface area contributed by atoms with Gasteiger partial charge in [-0.25, -0.2) is 0 Å². The summed E-state index contributed by atoms with van der Waals surface area (Å²) >= 11 is 12.9. The lowest BCUT2D eigenvalue weighted by Gasteiger charge is -2.13. The second-order valence-electron chi connectivity index (χ2n) is 7.60. The van der Waals surface area contributed by atoms with Crippen molar-refractivity contribution in [2.75, 3.05) is 10.6 Å². The summed E-state index contributed by atoms with van der Waals surface area (Å²) in [5.74, 6) is -0.218. The fraction of sp³-hybridized carbons (Fsp3) is 0.0741. The van der Waals surface area contributed by atoms with Crippen molar-refractivity contribution < 1.29 is 4.79 Å². The number of hydrogen-bond donors (Lipinski definition) is 2. The van der Waals surface area contributed by atoms with Crippen LogP contribution in [0.15, 0.2) is 84.9 Å². The first kappa shape index (κ1) is 21.9. The Bertz CT molecular complexity index is 1200. The molecule has 160 valence electrons. The Kier molecular flexibility index (Phi) is 6.50. The summed E-state index contributed by atoms with van der Waals surface area (Å²) in [5.41, 5.74) is 6.65. The molecule has 0 atom stereocenters. The third kappa shape index (κ3) is 4.80. The molecule has 4 rings (SSSR count). The normalized spacial score (nSPS) is 10.6. The van der Waals surface area contributed by atoms with Gasteiger partial charge in [0.1, 0.15) is 0 Å². The molecule has 0 aromatic heterocycles. The van der Waals surface area contributed by atoms with Crippen molar-refractivity contribution in [1.82, 2.24) is 0 Å². The van der Waals surface area contributed by atoms with Crippen LogP contribution in [0.1, 0.15) is 27.0 Å². The topological polar surface area (TPSA) is 41.1 Å². The fourth-order valence-electron chi connectivity index (χ4n) is 3.44.